The molecule has 0 saturated heterocycles. The third-order valence-corrected chi connectivity index (χ3v) is 5.23. The van der Waals surface area contributed by atoms with Crippen LogP contribution in [0.4, 0.5) is 5.69 Å². The number of carbonyl (C=O) groups excluding carboxylic acids is 1. The minimum absolute atomic E-state index is 0.168. The number of hydrogen-bond donors (Lipinski definition) is 0. The highest BCUT2D eigenvalue weighted by Crippen LogP contribution is 2.30. The first kappa shape index (κ1) is 22.9. The number of para-hydroxylation sites is 1. The molecule has 0 radical (unpaired) electrons. The highest BCUT2D eigenvalue weighted by atomic mass is 16.5. The number of nitrogens with zero attached hydrogens (tertiary/aromatic N) is 2. The Balaban J connectivity index is 1.40. The van der Waals surface area contributed by atoms with Gasteiger partial charge >= 0.3 is 0 Å². The molecule has 3 aromatic rings. The van der Waals surface area contributed by atoms with Crippen LogP contribution in [0, 0.1) is 0 Å². The molecule has 1 heterocycles. The van der Waals surface area contributed by atoms with E-state index in [1.54, 1.807) is 14.2 Å². The number of ether oxygens (including phenoxy) is 4. The van der Waals surface area contributed by atoms with Crippen molar-refractivity contribution in [2.75, 3.05) is 32.4 Å². The monoisotopic (exact) mass is 458 g/mol. The molecular formula is C27H26N2O5. The van der Waals surface area contributed by atoms with E-state index in [0.29, 0.717) is 36.0 Å². The van der Waals surface area contributed by atoms with Crippen LogP contribution < -0.4 is 24.0 Å². The van der Waals surface area contributed by atoms with Gasteiger partial charge in [-0.1, -0.05) is 24.3 Å². The lowest BCUT2D eigenvalue weighted by Gasteiger charge is -2.13. The Labute approximate surface area is 198 Å². The highest BCUT2D eigenvalue weighted by molar-refractivity contribution is 6.32. The summed E-state index contributed by atoms with van der Waals surface area (Å²) in [5.74, 6) is 2.51. The Morgan fingerprint density at radius 3 is 2.24 bits per heavy atom. The lowest BCUT2D eigenvalue weighted by molar-refractivity contribution is -0.114. The predicted molar refractivity (Wildman–Crippen MR) is 132 cm³/mol. The molecule has 0 atom stereocenters. The molecule has 0 spiro atoms. The van der Waals surface area contributed by atoms with Gasteiger partial charge in [0, 0.05) is 0 Å². The zero-order chi connectivity index (χ0) is 23.9. The normalized spacial score (nSPS) is 14.2. The van der Waals surface area contributed by atoms with E-state index in [4.69, 9.17) is 18.9 Å². The quantitative estimate of drug-likeness (QED) is 0.335. The SMILES string of the molecule is COc1ccc(OCCOc2ccc(C=C3C(=O)N(c4ccccc4)N=C3C)cc2OC)cc1. The molecule has 1 aliphatic rings. The molecule has 0 N–H and O–H groups in total. The predicted octanol–water partition coefficient (Wildman–Crippen LogP) is 4.97. The van der Waals surface area contributed by atoms with Crippen LogP contribution in [0.5, 0.6) is 23.0 Å². The van der Waals surface area contributed by atoms with Crippen molar-refractivity contribution >= 4 is 23.4 Å². The van der Waals surface area contributed by atoms with E-state index >= 15 is 0 Å². The summed E-state index contributed by atoms with van der Waals surface area (Å²) in [6.07, 6.45) is 1.81. The summed E-state index contributed by atoms with van der Waals surface area (Å²) in [6, 6.07) is 22.3. The zero-order valence-electron chi connectivity index (χ0n) is 19.4. The van der Waals surface area contributed by atoms with E-state index in [0.717, 1.165) is 22.7 Å². The maximum atomic E-state index is 12.9. The van der Waals surface area contributed by atoms with Crippen molar-refractivity contribution in [3.63, 3.8) is 0 Å². The molecule has 7 heteroatoms. The Hall–Kier alpha value is -4.26. The van der Waals surface area contributed by atoms with Gasteiger partial charge in [-0.3, -0.25) is 4.79 Å². The summed E-state index contributed by atoms with van der Waals surface area (Å²) in [4.78, 5) is 12.9. The second-order valence-electron chi connectivity index (χ2n) is 7.48. The Morgan fingerprint density at radius 2 is 1.53 bits per heavy atom. The molecule has 3 aromatic carbocycles. The fraction of sp³-hybridized carbons (Fsp3) is 0.185. The molecule has 0 aliphatic carbocycles. The average Bonchev–Trinajstić information content (AvgIpc) is 3.16. The van der Waals surface area contributed by atoms with Crippen LogP contribution >= 0.6 is 0 Å². The van der Waals surface area contributed by atoms with Crippen LogP contribution in [0.1, 0.15) is 12.5 Å². The van der Waals surface area contributed by atoms with Gasteiger partial charge in [-0.2, -0.15) is 10.1 Å². The van der Waals surface area contributed by atoms with Gasteiger partial charge in [0.25, 0.3) is 5.91 Å². The van der Waals surface area contributed by atoms with Crippen molar-refractivity contribution in [3.05, 3.63) is 83.9 Å². The molecule has 7 nitrogen and oxygen atoms in total. The number of hydrazone groups is 1. The smallest absolute Gasteiger partial charge is 0.280 e. The molecule has 0 aromatic heterocycles. The maximum Gasteiger partial charge on any atom is 0.280 e. The standard InChI is InChI=1S/C27H26N2O5/c1-19-24(27(30)29(28-19)21-7-5-4-6-8-21)17-20-9-14-25(26(18-20)32-3)34-16-15-33-23-12-10-22(31-2)11-13-23/h4-14,17-18H,15-16H2,1-3H3. The minimum Gasteiger partial charge on any atom is -0.497 e. The minimum atomic E-state index is -0.168. The Morgan fingerprint density at radius 1 is 0.824 bits per heavy atom. The van der Waals surface area contributed by atoms with Crippen molar-refractivity contribution in [2.45, 2.75) is 6.92 Å². The summed E-state index contributed by atoms with van der Waals surface area (Å²) < 4.78 is 22.2. The second-order valence-corrected chi connectivity index (χ2v) is 7.48. The number of benzene rings is 3. The average molecular weight is 459 g/mol. The van der Waals surface area contributed by atoms with E-state index in [9.17, 15) is 4.79 Å². The van der Waals surface area contributed by atoms with Crippen molar-refractivity contribution in [1.29, 1.82) is 0 Å². The van der Waals surface area contributed by atoms with Crippen molar-refractivity contribution in [3.8, 4) is 23.0 Å². The summed E-state index contributed by atoms with van der Waals surface area (Å²) >= 11 is 0. The van der Waals surface area contributed by atoms with E-state index in [2.05, 4.69) is 5.10 Å². The number of rotatable bonds is 9. The molecule has 0 unspecified atom stereocenters. The molecule has 0 fully saturated rings. The second kappa shape index (κ2) is 10.6. The fourth-order valence-corrected chi connectivity index (χ4v) is 3.47. The topological polar surface area (TPSA) is 69.6 Å². The number of amides is 1. The number of methoxy groups -OCH3 is 2. The first-order valence-corrected chi connectivity index (χ1v) is 10.8. The molecule has 1 aliphatic heterocycles. The van der Waals surface area contributed by atoms with E-state index < -0.39 is 0 Å². The first-order chi connectivity index (χ1) is 16.6. The number of carbonyl (C=O) groups is 1. The third kappa shape index (κ3) is 5.20. The largest absolute Gasteiger partial charge is 0.497 e. The van der Waals surface area contributed by atoms with E-state index in [1.165, 1.54) is 5.01 Å². The van der Waals surface area contributed by atoms with E-state index in [-0.39, 0.29) is 5.91 Å². The molecule has 0 bridgehead atoms. The van der Waals surface area contributed by atoms with Crippen LogP contribution in [0.3, 0.4) is 0 Å². The molecular weight excluding hydrogens is 432 g/mol. The van der Waals surface area contributed by atoms with Gasteiger partial charge in [0.15, 0.2) is 11.5 Å². The van der Waals surface area contributed by atoms with Crippen LogP contribution in [0.25, 0.3) is 6.08 Å². The Kier molecular flexibility index (Phi) is 7.13. The molecule has 174 valence electrons. The summed E-state index contributed by atoms with van der Waals surface area (Å²) in [5, 5.41) is 5.83. The number of anilines is 1. The lowest BCUT2D eigenvalue weighted by atomic mass is 10.1. The lowest BCUT2D eigenvalue weighted by Crippen LogP contribution is -2.21. The molecule has 1 amide bonds. The first-order valence-electron chi connectivity index (χ1n) is 10.8. The van der Waals surface area contributed by atoms with Crippen molar-refractivity contribution in [2.24, 2.45) is 5.10 Å². The van der Waals surface area contributed by atoms with Crippen LogP contribution in [-0.4, -0.2) is 39.1 Å². The van der Waals surface area contributed by atoms with Crippen LogP contribution in [0.2, 0.25) is 0 Å². The Bertz CT molecular complexity index is 1200. The van der Waals surface area contributed by atoms with Gasteiger partial charge in [0.05, 0.1) is 31.2 Å². The third-order valence-electron chi connectivity index (χ3n) is 5.23. The van der Waals surface area contributed by atoms with Gasteiger partial charge in [-0.25, -0.2) is 0 Å². The van der Waals surface area contributed by atoms with Gasteiger partial charge < -0.3 is 18.9 Å². The van der Waals surface area contributed by atoms with Crippen molar-refractivity contribution in [1.82, 2.24) is 0 Å². The summed E-state index contributed by atoms with van der Waals surface area (Å²) in [6.45, 7) is 2.55. The molecule has 34 heavy (non-hydrogen) atoms. The van der Waals surface area contributed by atoms with Gasteiger partial charge in [-0.15, -0.1) is 0 Å². The summed E-state index contributed by atoms with van der Waals surface area (Å²) in [7, 11) is 3.20. The zero-order valence-corrected chi connectivity index (χ0v) is 19.4. The summed E-state index contributed by atoms with van der Waals surface area (Å²) in [5.41, 5.74) is 2.73. The van der Waals surface area contributed by atoms with Crippen molar-refractivity contribution < 1.29 is 23.7 Å². The van der Waals surface area contributed by atoms with Gasteiger partial charge in [-0.05, 0) is 67.1 Å². The van der Waals surface area contributed by atoms with Crippen LogP contribution in [-0.2, 0) is 4.79 Å². The fourth-order valence-electron chi connectivity index (χ4n) is 3.47. The molecule has 4 rings (SSSR count). The van der Waals surface area contributed by atoms with Crippen LogP contribution in [0.15, 0.2) is 83.5 Å². The highest BCUT2D eigenvalue weighted by Gasteiger charge is 2.28. The maximum absolute atomic E-state index is 12.9. The van der Waals surface area contributed by atoms with E-state index in [1.807, 2.05) is 85.8 Å². The van der Waals surface area contributed by atoms with Gasteiger partial charge in [0.2, 0.25) is 0 Å². The van der Waals surface area contributed by atoms with Gasteiger partial charge in [0.1, 0.15) is 24.7 Å². The molecule has 0 saturated carbocycles. The number of hydrogen-bond acceptors (Lipinski definition) is 6.